The predicted octanol–water partition coefficient (Wildman–Crippen LogP) is 3.46. The molecule has 0 aliphatic carbocycles. The molecule has 2 aromatic rings. The van der Waals surface area contributed by atoms with Crippen LogP contribution in [-0.4, -0.2) is 17.7 Å². The van der Waals surface area contributed by atoms with E-state index < -0.39 is 0 Å². The van der Waals surface area contributed by atoms with Gasteiger partial charge in [-0.2, -0.15) is 0 Å². The van der Waals surface area contributed by atoms with Crippen LogP contribution in [0.3, 0.4) is 0 Å². The smallest absolute Gasteiger partial charge is 0.244 e. The Morgan fingerprint density at radius 2 is 2.26 bits per heavy atom. The van der Waals surface area contributed by atoms with Crippen molar-refractivity contribution in [3.8, 4) is 11.5 Å². The molecule has 0 saturated heterocycles. The largest absolute Gasteiger partial charge is 0.454 e. The van der Waals surface area contributed by atoms with Crippen LogP contribution in [0.5, 0.6) is 11.5 Å². The topological polar surface area (TPSA) is 60.5 Å². The molecule has 2 heterocycles. The quantitative estimate of drug-likeness (QED) is 0.853. The van der Waals surface area contributed by atoms with E-state index in [1.54, 1.807) is 17.4 Å². The van der Waals surface area contributed by atoms with E-state index in [9.17, 15) is 4.79 Å². The van der Waals surface area contributed by atoms with Crippen molar-refractivity contribution in [1.29, 1.82) is 0 Å². The number of thiazole rings is 1. The van der Waals surface area contributed by atoms with E-state index in [2.05, 4.69) is 10.3 Å². The summed E-state index contributed by atoms with van der Waals surface area (Å²) in [6.45, 7) is 4.23. The van der Waals surface area contributed by atoms with Gasteiger partial charge >= 0.3 is 0 Å². The van der Waals surface area contributed by atoms with Gasteiger partial charge in [-0.25, -0.2) is 4.98 Å². The molecule has 0 radical (unpaired) electrons. The number of nitrogens with zero attached hydrogens (tertiary/aromatic N) is 1. The van der Waals surface area contributed by atoms with Crippen LogP contribution in [0.25, 0.3) is 6.08 Å². The molecule has 1 unspecified atom stereocenters. The molecule has 1 aliphatic rings. The predicted molar refractivity (Wildman–Crippen MR) is 89.6 cm³/mol. The van der Waals surface area contributed by atoms with Crippen molar-refractivity contribution in [1.82, 2.24) is 10.3 Å². The van der Waals surface area contributed by atoms with E-state index in [0.29, 0.717) is 5.75 Å². The van der Waals surface area contributed by atoms with Crippen LogP contribution in [0.4, 0.5) is 0 Å². The number of carbonyl (C=O) groups is 1. The normalized spacial score (nSPS) is 14.2. The second kappa shape index (κ2) is 6.83. The first-order chi connectivity index (χ1) is 11.2. The Balaban J connectivity index is 1.64. The number of amides is 1. The lowest BCUT2D eigenvalue weighted by molar-refractivity contribution is -0.117. The van der Waals surface area contributed by atoms with Gasteiger partial charge in [0.2, 0.25) is 12.7 Å². The number of carbonyl (C=O) groups excluding carboxylic acids is 1. The highest BCUT2D eigenvalue weighted by Crippen LogP contribution is 2.32. The number of benzene rings is 1. The number of hydrogen-bond donors (Lipinski definition) is 1. The molecule has 1 amide bonds. The third kappa shape index (κ3) is 3.71. The average Bonchev–Trinajstić information content (AvgIpc) is 3.18. The average molecular weight is 330 g/mol. The molecule has 3 rings (SSSR count). The standard InChI is InChI=1S/C17H18N2O3S/c1-3-13(17-18-11(2)9-23-17)19-16(20)7-5-12-4-6-14-15(8-12)22-10-21-14/h4-9,13H,3,10H2,1-2H3,(H,19,20)/b7-5+. The van der Waals surface area contributed by atoms with E-state index in [4.69, 9.17) is 9.47 Å². The Morgan fingerprint density at radius 3 is 3.00 bits per heavy atom. The minimum absolute atomic E-state index is 0.0531. The highest BCUT2D eigenvalue weighted by Gasteiger charge is 2.15. The van der Waals surface area contributed by atoms with Crippen LogP contribution in [0, 0.1) is 6.92 Å². The molecule has 0 spiro atoms. The maximum Gasteiger partial charge on any atom is 0.244 e. The number of aromatic nitrogens is 1. The first kappa shape index (κ1) is 15.6. The number of fused-ring (bicyclic) bond motifs is 1. The van der Waals surface area contributed by atoms with Crippen LogP contribution in [0.15, 0.2) is 29.7 Å². The van der Waals surface area contributed by atoms with E-state index >= 15 is 0 Å². The van der Waals surface area contributed by atoms with Crippen molar-refractivity contribution < 1.29 is 14.3 Å². The maximum absolute atomic E-state index is 12.1. The summed E-state index contributed by atoms with van der Waals surface area (Å²) in [5.74, 6) is 1.30. The van der Waals surface area contributed by atoms with Gasteiger partial charge < -0.3 is 14.8 Å². The third-order valence-electron chi connectivity index (χ3n) is 3.48. The summed E-state index contributed by atoms with van der Waals surface area (Å²) in [7, 11) is 0. The summed E-state index contributed by atoms with van der Waals surface area (Å²) >= 11 is 1.57. The van der Waals surface area contributed by atoms with Gasteiger partial charge in [0.05, 0.1) is 6.04 Å². The van der Waals surface area contributed by atoms with Crippen molar-refractivity contribution in [2.45, 2.75) is 26.3 Å². The lowest BCUT2D eigenvalue weighted by atomic mass is 10.2. The number of hydrogen-bond acceptors (Lipinski definition) is 5. The molecule has 23 heavy (non-hydrogen) atoms. The van der Waals surface area contributed by atoms with Crippen LogP contribution in [-0.2, 0) is 4.79 Å². The number of rotatable bonds is 5. The van der Waals surface area contributed by atoms with Gasteiger partial charge in [0, 0.05) is 17.2 Å². The molecule has 0 bridgehead atoms. The minimum Gasteiger partial charge on any atom is -0.454 e. The minimum atomic E-state index is -0.137. The summed E-state index contributed by atoms with van der Waals surface area (Å²) in [4.78, 5) is 16.6. The zero-order valence-electron chi connectivity index (χ0n) is 13.0. The molecular formula is C17H18N2O3S. The van der Waals surface area contributed by atoms with Crippen molar-refractivity contribution in [3.05, 3.63) is 45.9 Å². The maximum atomic E-state index is 12.1. The van der Waals surface area contributed by atoms with Gasteiger partial charge in [0.15, 0.2) is 11.5 Å². The van der Waals surface area contributed by atoms with Gasteiger partial charge in [-0.15, -0.1) is 11.3 Å². The molecule has 5 nitrogen and oxygen atoms in total. The van der Waals surface area contributed by atoms with Crippen LogP contribution in [0.2, 0.25) is 0 Å². The van der Waals surface area contributed by atoms with Crippen molar-refractivity contribution in [2.75, 3.05) is 6.79 Å². The third-order valence-corrected chi connectivity index (χ3v) is 4.56. The monoisotopic (exact) mass is 330 g/mol. The van der Waals surface area contributed by atoms with Crippen LogP contribution in [0.1, 0.15) is 35.7 Å². The molecule has 0 fully saturated rings. The highest BCUT2D eigenvalue weighted by molar-refractivity contribution is 7.09. The summed E-state index contributed by atoms with van der Waals surface area (Å²) in [5, 5.41) is 5.92. The molecule has 1 aromatic heterocycles. The molecule has 120 valence electrons. The number of aryl methyl sites for hydroxylation is 1. The summed E-state index contributed by atoms with van der Waals surface area (Å²) in [5.41, 5.74) is 1.87. The second-order valence-electron chi connectivity index (χ2n) is 5.24. The molecule has 1 aromatic carbocycles. The summed E-state index contributed by atoms with van der Waals surface area (Å²) in [6, 6.07) is 5.53. The molecule has 1 atom stereocenters. The lowest BCUT2D eigenvalue weighted by Gasteiger charge is -2.12. The van der Waals surface area contributed by atoms with Crippen molar-refractivity contribution in [3.63, 3.8) is 0 Å². The fraction of sp³-hybridized carbons (Fsp3) is 0.294. The Morgan fingerprint density at radius 1 is 1.43 bits per heavy atom. The zero-order valence-corrected chi connectivity index (χ0v) is 13.9. The lowest BCUT2D eigenvalue weighted by Crippen LogP contribution is -2.26. The second-order valence-corrected chi connectivity index (χ2v) is 6.13. The molecule has 1 N–H and O–H groups in total. The van der Waals surface area contributed by atoms with Crippen LogP contribution < -0.4 is 14.8 Å². The summed E-state index contributed by atoms with van der Waals surface area (Å²) < 4.78 is 10.6. The van der Waals surface area contributed by atoms with E-state index in [1.807, 2.05) is 37.4 Å². The number of nitrogens with one attached hydrogen (secondary N) is 1. The Bertz CT molecular complexity index is 739. The van der Waals surface area contributed by atoms with Crippen LogP contribution >= 0.6 is 11.3 Å². The highest BCUT2D eigenvalue weighted by atomic mass is 32.1. The van der Waals surface area contributed by atoms with E-state index in [0.717, 1.165) is 28.4 Å². The van der Waals surface area contributed by atoms with Gasteiger partial charge in [-0.1, -0.05) is 13.0 Å². The van der Waals surface area contributed by atoms with Crippen molar-refractivity contribution >= 4 is 23.3 Å². The first-order valence-electron chi connectivity index (χ1n) is 7.46. The van der Waals surface area contributed by atoms with E-state index in [-0.39, 0.29) is 18.7 Å². The molecule has 1 aliphatic heterocycles. The van der Waals surface area contributed by atoms with Gasteiger partial charge in [-0.3, -0.25) is 4.79 Å². The fourth-order valence-electron chi connectivity index (χ4n) is 2.28. The Hall–Kier alpha value is -2.34. The summed E-state index contributed by atoms with van der Waals surface area (Å²) in [6.07, 6.45) is 4.09. The Kier molecular flexibility index (Phi) is 4.62. The van der Waals surface area contributed by atoms with Gasteiger partial charge in [0.25, 0.3) is 0 Å². The molecule has 0 saturated carbocycles. The first-order valence-corrected chi connectivity index (χ1v) is 8.34. The van der Waals surface area contributed by atoms with Crippen molar-refractivity contribution in [2.24, 2.45) is 0 Å². The van der Waals surface area contributed by atoms with Gasteiger partial charge in [0.1, 0.15) is 5.01 Å². The number of ether oxygens (including phenoxy) is 2. The van der Waals surface area contributed by atoms with Gasteiger partial charge in [-0.05, 0) is 37.1 Å². The molecule has 6 heteroatoms. The Labute approximate surface area is 139 Å². The van der Waals surface area contributed by atoms with E-state index in [1.165, 1.54) is 6.08 Å². The molecular weight excluding hydrogens is 312 g/mol. The fourth-order valence-corrected chi connectivity index (χ4v) is 3.21. The SMILES string of the molecule is CCC(NC(=O)/C=C/c1ccc2c(c1)OCO2)c1nc(C)cs1. The zero-order chi connectivity index (χ0) is 16.2.